The first-order chi connectivity index (χ1) is 9.69. The maximum atomic E-state index is 12.1. The van der Waals surface area contributed by atoms with Gasteiger partial charge in [-0.05, 0) is 42.2 Å². The third kappa shape index (κ3) is 5.89. The fourth-order valence-electron chi connectivity index (χ4n) is 2.73. The summed E-state index contributed by atoms with van der Waals surface area (Å²) in [5.74, 6) is 2.55. The number of hydrogen-bond acceptors (Lipinski definition) is 3. The number of anilines is 1. The Morgan fingerprint density at radius 1 is 1.43 bits per heavy atom. The summed E-state index contributed by atoms with van der Waals surface area (Å²) in [7, 11) is 0. The van der Waals surface area contributed by atoms with Crippen molar-refractivity contribution in [3.05, 3.63) is 29.8 Å². The Morgan fingerprint density at radius 2 is 2.24 bits per heavy atom. The van der Waals surface area contributed by atoms with E-state index in [1.54, 1.807) is 0 Å². The molecular formula is C16H25ClN2OS. The summed E-state index contributed by atoms with van der Waals surface area (Å²) in [6.07, 6.45) is 3.85. The van der Waals surface area contributed by atoms with Crippen LogP contribution in [0, 0.1) is 5.92 Å². The van der Waals surface area contributed by atoms with Gasteiger partial charge in [-0.15, -0.1) is 12.4 Å². The largest absolute Gasteiger partial charge is 0.327 e. The maximum Gasteiger partial charge on any atom is 0.224 e. The molecule has 0 bridgehead atoms. The fraction of sp³-hybridized carbons (Fsp3) is 0.562. The standard InChI is InChI=1S/C16H24N2OS.ClH/c1-2-20-11-12-5-3-7-14(9-12)18-16(19)10-13-6-4-8-15(13)17;/h3,5,7,9,13,15H,2,4,6,8,10-11,17H2,1H3,(H,18,19);1H/t13-,15+;/m0./s1. The average molecular weight is 329 g/mol. The molecule has 118 valence electrons. The third-order valence-electron chi connectivity index (χ3n) is 3.85. The lowest BCUT2D eigenvalue weighted by Crippen LogP contribution is -2.28. The Labute approximate surface area is 137 Å². The highest BCUT2D eigenvalue weighted by atomic mass is 35.5. The Hall–Kier alpha value is -0.710. The van der Waals surface area contributed by atoms with Gasteiger partial charge in [0.05, 0.1) is 0 Å². The molecule has 0 radical (unpaired) electrons. The minimum Gasteiger partial charge on any atom is -0.327 e. The molecule has 0 unspecified atom stereocenters. The van der Waals surface area contributed by atoms with E-state index in [4.69, 9.17) is 5.73 Å². The van der Waals surface area contributed by atoms with E-state index in [2.05, 4.69) is 24.4 Å². The van der Waals surface area contributed by atoms with Crippen molar-refractivity contribution in [2.75, 3.05) is 11.1 Å². The molecule has 21 heavy (non-hydrogen) atoms. The van der Waals surface area contributed by atoms with Crippen molar-refractivity contribution in [3.63, 3.8) is 0 Å². The summed E-state index contributed by atoms with van der Waals surface area (Å²) >= 11 is 1.89. The number of rotatable bonds is 6. The molecule has 1 aromatic carbocycles. The zero-order valence-electron chi connectivity index (χ0n) is 12.5. The van der Waals surface area contributed by atoms with Crippen LogP contribution in [0.2, 0.25) is 0 Å². The molecule has 0 heterocycles. The smallest absolute Gasteiger partial charge is 0.224 e. The lowest BCUT2D eigenvalue weighted by Gasteiger charge is -2.15. The molecule has 1 fully saturated rings. The van der Waals surface area contributed by atoms with Gasteiger partial charge in [0.1, 0.15) is 0 Å². The fourth-order valence-corrected chi connectivity index (χ4v) is 3.35. The summed E-state index contributed by atoms with van der Waals surface area (Å²) in [4.78, 5) is 12.1. The van der Waals surface area contributed by atoms with Gasteiger partial charge >= 0.3 is 0 Å². The van der Waals surface area contributed by atoms with E-state index in [0.29, 0.717) is 12.3 Å². The third-order valence-corrected chi connectivity index (χ3v) is 4.79. The van der Waals surface area contributed by atoms with Crippen molar-refractivity contribution in [2.45, 2.75) is 44.4 Å². The number of halogens is 1. The highest BCUT2D eigenvalue weighted by Crippen LogP contribution is 2.27. The molecule has 1 aliphatic rings. The molecule has 0 saturated heterocycles. The van der Waals surface area contributed by atoms with Crippen LogP contribution in [-0.4, -0.2) is 17.7 Å². The van der Waals surface area contributed by atoms with Crippen LogP contribution in [0.25, 0.3) is 0 Å². The van der Waals surface area contributed by atoms with Gasteiger partial charge in [0.15, 0.2) is 0 Å². The predicted octanol–water partition coefficient (Wildman–Crippen LogP) is 3.82. The quantitative estimate of drug-likeness (QED) is 0.834. The van der Waals surface area contributed by atoms with E-state index in [-0.39, 0.29) is 24.4 Å². The van der Waals surface area contributed by atoms with Gasteiger partial charge in [-0.3, -0.25) is 4.79 Å². The summed E-state index contributed by atoms with van der Waals surface area (Å²) in [6, 6.07) is 8.32. The molecule has 0 aromatic heterocycles. The van der Waals surface area contributed by atoms with Gasteiger partial charge in [-0.2, -0.15) is 11.8 Å². The van der Waals surface area contributed by atoms with Crippen LogP contribution in [0.4, 0.5) is 5.69 Å². The highest BCUT2D eigenvalue weighted by molar-refractivity contribution is 7.98. The van der Waals surface area contributed by atoms with Gasteiger partial charge < -0.3 is 11.1 Å². The Bertz CT molecular complexity index is 456. The normalized spacial score (nSPS) is 20.9. The minimum atomic E-state index is 0. The summed E-state index contributed by atoms with van der Waals surface area (Å²) in [6.45, 7) is 2.15. The average Bonchev–Trinajstić information content (AvgIpc) is 2.82. The highest BCUT2D eigenvalue weighted by Gasteiger charge is 2.25. The number of carbonyl (C=O) groups is 1. The molecule has 0 aliphatic heterocycles. The van der Waals surface area contributed by atoms with Crippen LogP contribution in [0.5, 0.6) is 0 Å². The van der Waals surface area contributed by atoms with Crippen LogP contribution in [0.1, 0.15) is 38.2 Å². The molecule has 2 atom stereocenters. The number of thioether (sulfide) groups is 1. The second-order valence-corrected chi connectivity index (χ2v) is 6.72. The van der Waals surface area contributed by atoms with Gasteiger partial charge in [0.2, 0.25) is 5.91 Å². The molecule has 1 amide bonds. The molecule has 3 N–H and O–H groups in total. The molecule has 1 aromatic rings. The Balaban J connectivity index is 0.00000220. The van der Waals surface area contributed by atoms with Gasteiger partial charge in [0.25, 0.3) is 0 Å². The van der Waals surface area contributed by atoms with Crippen molar-refractivity contribution in [2.24, 2.45) is 11.7 Å². The van der Waals surface area contributed by atoms with Crippen molar-refractivity contribution >= 4 is 35.8 Å². The lowest BCUT2D eigenvalue weighted by atomic mass is 10.00. The summed E-state index contributed by atoms with van der Waals surface area (Å²) in [5.41, 5.74) is 8.17. The van der Waals surface area contributed by atoms with Crippen LogP contribution in [-0.2, 0) is 10.5 Å². The van der Waals surface area contributed by atoms with E-state index < -0.39 is 0 Å². The second-order valence-electron chi connectivity index (χ2n) is 5.44. The zero-order chi connectivity index (χ0) is 14.4. The molecule has 1 aliphatic carbocycles. The lowest BCUT2D eigenvalue weighted by molar-refractivity contribution is -0.117. The number of hydrogen-bond donors (Lipinski definition) is 2. The van der Waals surface area contributed by atoms with Crippen molar-refractivity contribution in [1.29, 1.82) is 0 Å². The van der Waals surface area contributed by atoms with Gasteiger partial charge in [-0.1, -0.05) is 25.5 Å². The first-order valence-electron chi connectivity index (χ1n) is 7.41. The van der Waals surface area contributed by atoms with Crippen LogP contribution >= 0.6 is 24.2 Å². The number of carbonyl (C=O) groups excluding carboxylic acids is 1. The maximum absolute atomic E-state index is 12.1. The second kappa shape index (κ2) is 9.34. The topological polar surface area (TPSA) is 55.1 Å². The number of nitrogens with one attached hydrogen (secondary N) is 1. The predicted molar refractivity (Wildman–Crippen MR) is 94.1 cm³/mol. The first-order valence-corrected chi connectivity index (χ1v) is 8.56. The van der Waals surface area contributed by atoms with Gasteiger partial charge in [0, 0.05) is 23.9 Å². The van der Waals surface area contributed by atoms with E-state index in [1.807, 2.05) is 23.9 Å². The molecular weight excluding hydrogens is 304 g/mol. The number of amides is 1. The molecule has 0 spiro atoms. The van der Waals surface area contributed by atoms with Crippen molar-refractivity contribution in [3.8, 4) is 0 Å². The molecule has 1 saturated carbocycles. The van der Waals surface area contributed by atoms with E-state index >= 15 is 0 Å². The van der Waals surface area contributed by atoms with E-state index in [9.17, 15) is 4.79 Å². The SMILES string of the molecule is CCSCc1cccc(NC(=O)C[C@@H]2CCC[C@H]2N)c1.Cl. The zero-order valence-corrected chi connectivity index (χ0v) is 14.1. The monoisotopic (exact) mass is 328 g/mol. The first kappa shape index (κ1) is 18.3. The summed E-state index contributed by atoms with van der Waals surface area (Å²) in [5, 5.41) is 3.00. The molecule has 2 rings (SSSR count). The number of benzene rings is 1. The van der Waals surface area contributed by atoms with Crippen LogP contribution in [0.15, 0.2) is 24.3 Å². The van der Waals surface area contributed by atoms with Crippen LogP contribution < -0.4 is 11.1 Å². The Morgan fingerprint density at radius 3 is 2.90 bits per heavy atom. The molecule has 5 heteroatoms. The number of nitrogens with two attached hydrogens (primary N) is 1. The summed E-state index contributed by atoms with van der Waals surface area (Å²) < 4.78 is 0. The van der Waals surface area contributed by atoms with Gasteiger partial charge in [-0.25, -0.2) is 0 Å². The van der Waals surface area contributed by atoms with Crippen molar-refractivity contribution in [1.82, 2.24) is 0 Å². The van der Waals surface area contributed by atoms with Crippen molar-refractivity contribution < 1.29 is 4.79 Å². The van der Waals surface area contributed by atoms with Crippen LogP contribution in [0.3, 0.4) is 0 Å². The minimum absolute atomic E-state index is 0. The Kier molecular flexibility index (Phi) is 8.15. The molecule has 3 nitrogen and oxygen atoms in total. The van der Waals surface area contributed by atoms with E-state index in [0.717, 1.165) is 36.5 Å². The van der Waals surface area contributed by atoms with E-state index in [1.165, 1.54) is 5.56 Å².